The van der Waals surface area contributed by atoms with Crippen molar-refractivity contribution in [2.75, 3.05) is 5.32 Å². The first-order valence-electron chi connectivity index (χ1n) is 5.25. The molecule has 5 heteroatoms. The molecular formula is C12H10N4O. The van der Waals surface area contributed by atoms with Crippen LogP contribution in [0.3, 0.4) is 0 Å². The number of oxazole rings is 1. The van der Waals surface area contributed by atoms with Gasteiger partial charge in [-0.1, -0.05) is 30.3 Å². The molecule has 0 amide bonds. The lowest BCUT2D eigenvalue weighted by Crippen LogP contribution is -2.02. The van der Waals surface area contributed by atoms with Gasteiger partial charge in [0.25, 0.3) is 5.71 Å². The lowest BCUT2D eigenvalue weighted by Gasteiger charge is -2.04. The third-order valence-electron chi connectivity index (χ3n) is 2.44. The van der Waals surface area contributed by atoms with Crippen LogP contribution in [0.15, 0.2) is 47.5 Å². The van der Waals surface area contributed by atoms with Crippen LogP contribution in [0.1, 0.15) is 5.56 Å². The van der Waals surface area contributed by atoms with Crippen molar-refractivity contribution >= 4 is 17.0 Å². The lowest BCUT2D eigenvalue weighted by molar-refractivity contribution is 0.590. The van der Waals surface area contributed by atoms with Crippen LogP contribution in [-0.4, -0.2) is 15.0 Å². The van der Waals surface area contributed by atoms with Gasteiger partial charge in [-0.3, -0.25) is 0 Å². The molecule has 5 nitrogen and oxygen atoms in total. The summed E-state index contributed by atoms with van der Waals surface area (Å²) in [5, 5.41) is 3.22. The summed E-state index contributed by atoms with van der Waals surface area (Å²) < 4.78 is 5.11. The average Bonchev–Trinajstić information content (AvgIpc) is 2.86. The van der Waals surface area contributed by atoms with E-state index in [0.717, 1.165) is 0 Å². The summed E-state index contributed by atoms with van der Waals surface area (Å²) in [6, 6.07) is 10.1. The Labute approximate surface area is 97.5 Å². The van der Waals surface area contributed by atoms with Crippen LogP contribution < -0.4 is 5.32 Å². The number of anilines is 1. The third kappa shape index (κ3) is 1.94. The second kappa shape index (κ2) is 4.21. The van der Waals surface area contributed by atoms with E-state index in [4.69, 9.17) is 4.42 Å². The van der Waals surface area contributed by atoms with Gasteiger partial charge in [0, 0.05) is 6.54 Å². The molecule has 0 radical (unpaired) electrons. The van der Waals surface area contributed by atoms with E-state index < -0.39 is 0 Å². The molecule has 17 heavy (non-hydrogen) atoms. The number of nitrogens with one attached hydrogen (secondary N) is 1. The fourth-order valence-electron chi connectivity index (χ4n) is 1.61. The number of hydrogen-bond donors (Lipinski definition) is 1. The van der Waals surface area contributed by atoms with Crippen molar-refractivity contribution in [2.24, 2.45) is 0 Å². The quantitative estimate of drug-likeness (QED) is 0.741. The highest BCUT2D eigenvalue weighted by Crippen LogP contribution is 2.17. The molecule has 0 atom stereocenters. The molecule has 2 aromatic heterocycles. The van der Waals surface area contributed by atoms with E-state index in [1.807, 2.05) is 30.3 Å². The van der Waals surface area contributed by atoms with E-state index in [2.05, 4.69) is 20.3 Å². The van der Waals surface area contributed by atoms with Crippen LogP contribution in [0.25, 0.3) is 11.2 Å². The second-order valence-corrected chi connectivity index (χ2v) is 3.57. The van der Waals surface area contributed by atoms with Crippen molar-refractivity contribution in [1.82, 2.24) is 15.0 Å². The Kier molecular flexibility index (Phi) is 2.42. The maximum absolute atomic E-state index is 5.11. The van der Waals surface area contributed by atoms with Crippen molar-refractivity contribution in [2.45, 2.75) is 6.54 Å². The lowest BCUT2D eigenvalue weighted by atomic mass is 10.2. The molecule has 0 saturated carbocycles. The maximum Gasteiger partial charge on any atom is 0.251 e. The van der Waals surface area contributed by atoms with E-state index in [-0.39, 0.29) is 0 Å². The summed E-state index contributed by atoms with van der Waals surface area (Å²) in [6.45, 7) is 0.694. The van der Waals surface area contributed by atoms with E-state index in [1.54, 1.807) is 0 Å². The number of benzene rings is 1. The molecule has 0 unspecified atom stereocenters. The Bertz CT molecular complexity index is 620. The van der Waals surface area contributed by atoms with Crippen LogP contribution in [-0.2, 0) is 6.54 Å². The first-order valence-corrected chi connectivity index (χ1v) is 5.25. The summed E-state index contributed by atoms with van der Waals surface area (Å²) >= 11 is 0. The van der Waals surface area contributed by atoms with Gasteiger partial charge in [0.2, 0.25) is 0 Å². The summed E-state index contributed by atoms with van der Waals surface area (Å²) in [4.78, 5) is 12.2. The molecule has 1 aromatic carbocycles. The van der Waals surface area contributed by atoms with Gasteiger partial charge in [-0.2, -0.15) is 4.98 Å². The molecule has 0 spiro atoms. The smallest absolute Gasteiger partial charge is 0.251 e. The van der Waals surface area contributed by atoms with Crippen LogP contribution in [0.2, 0.25) is 0 Å². The fraction of sp³-hybridized carbons (Fsp3) is 0.0833. The van der Waals surface area contributed by atoms with Crippen molar-refractivity contribution in [3.8, 4) is 0 Å². The fourth-order valence-corrected chi connectivity index (χ4v) is 1.61. The van der Waals surface area contributed by atoms with Crippen LogP contribution >= 0.6 is 0 Å². The van der Waals surface area contributed by atoms with E-state index in [0.29, 0.717) is 23.6 Å². The van der Waals surface area contributed by atoms with Gasteiger partial charge in [0.05, 0.1) is 0 Å². The van der Waals surface area contributed by atoms with E-state index in [9.17, 15) is 0 Å². The first kappa shape index (κ1) is 9.77. The highest BCUT2D eigenvalue weighted by atomic mass is 16.3. The summed E-state index contributed by atoms with van der Waals surface area (Å²) in [5.41, 5.74) is 2.33. The predicted octanol–water partition coefficient (Wildman–Crippen LogP) is 2.23. The van der Waals surface area contributed by atoms with Crippen molar-refractivity contribution in [1.29, 1.82) is 0 Å². The number of aromatic nitrogens is 3. The van der Waals surface area contributed by atoms with Gasteiger partial charge < -0.3 is 9.73 Å². The first-order chi connectivity index (χ1) is 8.43. The number of rotatable bonds is 3. The van der Waals surface area contributed by atoms with Gasteiger partial charge in [0.15, 0.2) is 17.7 Å². The van der Waals surface area contributed by atoms with Gasteiger partial charge in [-0.15, -0.1) is 0 Å². The van der Waals surface area contributed by atoms with Gasteiger partial charge in [-0.05, 0) is 5.56 Å². The Morgan fingerprint density at radius 2 is 1.94 bits per heavy atom. The second-order valence-electron chi connectivity index (χ2n) is 3.57. The molecule has 3 aromatic rings. The number of fused-ring (bicyclic) bond motifs is 1. The zero-order valence-electron chi connectivity index (χ0n) is 9.00. The average molecular weight is 226 g/mol. The minimum absolute atomic E-state index is 0.496. The Hall–Kier alpha value is -2.43. The molecule has 84 valence electrons. The van der Waals surface area contributed by atoms with Gasteiger partial charge in [0.1, 0.15) is 6.33 Å². The SMILES string of the molecule is c1ccc(CNc2ncnc3ocnc23)cc1. The van der Waals surface area contributed by atoms with Crippen LogP contribution in [0.4, 0.5) is 5.82 Å². The van der Waals surface area contributed by atoms with Crippen LogP contribution in [0, 0.1) is 0 Å². The van der Waals surface area contributed by atoms with Crippen LogP contribution in [0.5, 0.6) is 0 Å². The monoisotopic (exact) mass is 226 g/mol. The normalized spacial score (nSPS) is 10.6. The van der Waals surface area contributed by atoms with E-state index >= 15 is 0 Å². The Morgan fingerprint density at radius 1 is 1.06 bits per heavy atom. The Balaban J connectivity index is 1.84. The maximum atomic E-state index is 5.11. The minimum atomic E-state index is 0.496. The Morgan fingerprint density at radius 3 is 2.82 bits per heavy atom. The molecule has 1 N–H and O–H groups in total. The number of nitrogens with zero attached hydrogens (tertiary/aromatic N) is 3. The highest BCUT2D eigenvalue weighted by Gasteiger charge is 2.06. The van der Waals surface area contributed by atoms with E-state index in [1.165, 1.54) is 18.3 Å². The molecule has 0 fully saturated rings. The highest BCUT2D eigenvalue weighted by molar-refractivity contribution is 5.80. The summed E-state index contributed by atoms with van der Waals surface area (Å²) in [5.74, 6) is 0.688. The standard InChI is InChI=1S/C12H10N4O/c1-2-4-9(5-3-1)6-13-11-10-12(15-7-14-11)17-8-16-10/h1-5,7-8H,6H2,(H,13,14,15). The molecule has 2 heterocycles. The predicted molar refractivity (Wildman–Crippen MR) is 63.4 cm³/mol. The molecule has 0 aliphatic carbocycles. The topological polar surface area (TPSA) is 63.8 Å². The molecule has 3 rings (SSSR count). The van der Waals surface area contributed by atoms with Crippen molar-refractivity contribution in [3.63, 3.8) is 0 Å². The summed E-state index contributed by atoms with van der Waals surface area (Å²) in [6.07, 6.45) is 2.83. The molecule has 0 saturated heterocycles. The third-order valence-corrected chi connectivity index (χ3v) is 2.44. The number of hydrogen-bond acceptors (Lipinski definition) is 5. The molecule has 0 bridgehead atoms. The van der Waals surface area contributed by atoms with Gasteiger partial charge in [-0.25, -0.2) is 9.97 Å². The van der Waals surface area contributed by atoms with Gasteiger partial charge >= 0.3 is 0 Å². The zero-order chi connectivity index (χ0) is 11.5. The van der Waals surface area contributed by atoms with Crippen molar-refractivity contribution < 1.29 is 4.42 Å². The zero-order valence-corrected chi connectivity index (χ0v) is 9.00. The molecule has 0 aliphatic rings. The molecular weight excluding hydrogens is 216 g/mol. The minimum Gasteiger partial charge on any atom is -0.425 e. The molecule has 0 aliphatic heterocycles. The largest absolute Gasteiger partial charge is 0.425 e. The van der Waals surface area contributed by atoms with Crippen molar-refractivity contribution in [3.05, 3.63) is 48.6 Å². The summed E-state index contributed by atoms with van der Waals surface area (Å²) in [7, 11) is 0.